The molecule has 0 bridgehead atoms. The summed E-state index contributed by atoms with van der Waals surface area (Å²) in [6.45, 7) is 7.18. The Labute approximate surface area is 87.1 Å². The molecule has 0 radical (unpaired) electrons. The molecule has 0 spiro atoms. The van der Waals surface area contributed by atoms with Crippen LogP contribution in [-0.2, 0) is 0 Å². The first-order valence-electron chi connectivity index (χ1n) is 5.48. The molecule has 1 fully saturated rings. The third-order valence-electron chi connectivity index (χ3n) is 2.92. The minimum Gasteiger partial charge on any atom is -0.303 e. The van der Waals surface area contributed by atoms with Crippen LogP contribution in [0.3, 0.4) is 0 Å². The van der Waals surface area contributed by atoms with Gasteiger partial charge in [-0.2, -0.15) is 5.26 Å². The van der Waals surface area contributed by atoms with Gasteiger partial charge in [0.1, 0.15) is 6.04 Å². The summed E-state index contributed by atoms with van der Waals surface area (Å²) in [6, 6.07) is 2.27. The van der Waals surface area contributed by atoms with Crippen LogP contribution in [0.2, 0.25) is 0 Å². The van der Waals surface area contributed by atoms with Crippen LogP contribution < -0.4 is 5.32 Å². The maximum absolute atomic E-state index is 8.87. The van der Waals surface area contributed by atoms with Crippen LogP contribution >= 0.6 is 0 Å². The highest BCUT2D eigenvalue weighted by Crippen LogP contribution is 2.37. The fourth-order valence-corrected chi connectivity index (χ4v) is 1.84. The molecule has 0 aliphatic heterocycles. The Bertz CT molecular complexity index is 209. The number of rotatable bonds is 6. The molecule has 0 aromatic heterocycles. The predicted octanol–water partition coefficient (Wildman–Crippen LogP) is 1.08. The van der Waals surface area contributed by atoms with E-state index in [2.05, 4.69) is 30.3 Å². The zero-order valence-electron chi connectivity index (χ0n) is 9.45. The second kappa shape index (κ2) is 5.33. The van der Waals surface area contributed by atoms with Gasteiger partial charge in [-0.15, -0.1) is 0 Å². The quantitative estimate of drug-likeness (QED) is 0.689. The van der Waals surface area contributed by atoms with Crippen molar-refractivity contribution < 1.29 is 0 Å². The molecule has 1 saturated carbocycles. The van der Waals surface area contributed by atoms with E-state index in [1.807, 2.05) is 6.92 Å². The molecule has 3 unspecified atom stereocenters. The van der Waals surface area contributed by atoms with Crippen LogP contribution in [-0.4, -0.2) is 37.6 Å². The molecule has 0 amide bonds. The highest BCUT2D eigenvalue weighted by atomic mass is 15.1. The first kappa shape index (κ1) is 11.5. The van der Waals surface area contributed by atoms with Gasteiger partial charge in [-0.1, -0.05) is 13.8 Å². The molecule has 3 nitrogen and oxygen atoms in total. The molecule has 3 atom stereocenters. The Hall–Kier alpha value is -0.590. The molecule has 3 heteroatoms. The highest BCUT2D eigenvalue weighted by molar-refractivity contribution is 4.92. The van der Waals surface area contributed by atoms with Crippen molar-refractivity contribution in [2.75, 3.05) is 26.7 Å². The Morgan fingerprint density at radius 1 is 1.64 bits per heavy atom. The van der Waals surface area contributed by atoms with Crippen molar-refractivity contribution in [1.29, 1.82) is 5.26 Å². The summed E-state index contributed by atoms with van der Waals surface area (Å²) in [5, 5.41) is 12.0. The molecule has 0 saturated heterocycles. The lowest BCUT2D eigenvalue weighted by molar-refractivity contribution is 0.296. The zero-order chi connectivity index (χ0) is 10.6. The molecule has 1 aliphatic rings. The fraction of sp³-hybridized carbons (Fsp3) is 0.909. The summed E-state index contributed by atoms with van der Waals surface area (Å²) >= 11 is 0. The molecule has 80 valence electrons. The Balaban J connectivity index is 2.17. The van der Waals surface area contributed by atoms with Crippen molar-refractivity contribution in [2.45, 2.75) is 26.3 Å². The Kier molecular flexibility index (Phi) is 4.37. The maximum atomic E-state index is 8.87. The number of nitriles is 1. The van der Waals surface area contributed by atoms with Crippen LogP contribution in [0, 0.1) is 23.2 Å². The lowest BCUT2D eigenvalue weighted by Crippen LogP contribution is -2.39. The van der Waals surface area contributed by atoms with Crippen molar-refractivity contribution in [3.63, 3.8) is 0 Å². The molecule has 0 aromatic carbocycles. The van der Waals surface area contributed by atoms with Crippen molar-refractivity contribution in [3.8, 4) is 6.07 Å². The van der Waals surface area contributed by atoms with Crippen molar-refractivity contribution in [1.82, 2.24) is 10.2 Å². The summed E-state index contributed by atoms with van der Waals surface area (Å²) in [5.74, 6) is 1.78. The largest absolute Gasteiger partial charge is 0.303 e. The summed E-state index contributed by atoms with van der Waals surface area (Å²) in [5.41, 5.74) is 0. The molecule has 0 aromatic rings. The number of nitrogens with one attached hydrogen (secondary N) is 1. The third kappa shape index (κ3) is 3.65. The van der Waals surface area contributed by atoms with E-state index in [4.69, 9.17) is 5.26 Å². The number of hydrogen-bond acceptors (Lipinski definition) is 3. The highest BCUT2D eigenvalue weighted by Gasteiger charge is 2.33. The van der Waals surface area contributed by atoms with Crippen molar-refractivity contribution in [3.05, 3.63) is 0 Å². The van der Waals surface area contributed by atoms with Crippen LogP contribution in [0.25, 0.3) is 0 Å². The number of nitrogens with zero attached hydrogens (tertiary/aromatic N) is 2. The van der Waals surface area contributed by atoms with Crippen molar-refractivity contribution >= 4 is 0 Å². The molecular formula is C11H21N3. The van der Waals surface area contributed by atoms with Gasteiger partial charge in [-0.25, -0.2) is 0 Å². The second-order valence-electron chi connectivity index (χ2n) is 4.43. The van der Waals surface area contributed by atoms with Gasteiger partial charge in [0.25, 0.3) is 0 Å². The second-order valence-corrected chi connectivity index (χ2v) is 4.43. The number of hydrogen-bond donors (Lipinski definition) is 1. The molecule has 0 heterocycles. The van der Waals surface area contributed by atoms with E-state index in [1.54, 1.807) is 0 Å². The topological polar surface area (TPSA) is 39.1 Å². The van der Waals surface area contributed by atoms with Gasteiger partial charge in [0.05, 0.1) is 6.07 Å². The van der Waals surface area contributed by atoms with E-state index in [9.17, 15) is 0 Å². The first-order chi connectivity index (χ1) is 6.67. The predicted molar refractivity (Wildman–Crippen MR) is 57.8 cm³/mol. The average Bonchev–Trinajstić information content (AvgIpc) is 2.80. The average molecular weight is 195 g/mol. The van der Waals surface area contributed by atoms with E-state index in [1.165, 1.54) is 6.42 Å². The summed E-state index contributed by atoms with van der Waals surface area (Å²) in [6.07, 6.45) is 1.36. The summed E-state index contributed by atoms with van der Waals surface area (Å²) < 4.78 is 0. The van der Waals surface area contributed by atoms with E-state index in [-0.39, 0.29) is 6.04 Å². The van der Waals surface area contributed by atoms with Crippen molar-refractivity contribution in [2.24, 2.45) is 11.8 Å². The first-order valence-corrected chi connectivity index (χ1v) is 5.48. The Morgan fingerprint density at radius 3 is 2.71 bits per heavy atom. The minimum atomic E-state index is -0.0148. The zero-order valence-corrected chi connectivity index (χ0v) is 9.45. The van der Waals surface area contributed by atoms with Crippen LogP contribution in [0.4, 0.5) is 0 Å². The number of likely N-dealkylation sites (N-methyl/N-ethyl adjacent to an activating group) is 2. The molecule has 1 N–H and O–H groups in total. The van der Waals surface area contributed by atoms with Gasteiger partial charge >= 0.3 is 0 Å². The molecule has 1 aliphatic carbocycles. The van der Waals surface area contributed by atoms with Crippen LogP contribution in [0.1, 0.15) is 20.3 Å². The van der Waals surface area contributed by atoms with E-state index in [0.29, 0.717) is 0 Å². The minimum absolute atomic E-state index is 0.0148. The summed E-state index contributed by atoms with van der Waals surface area (Å²) in [4.78, 5) is 2.27. The van der Waals surface area contributed by atoms with Gasteiger partial charge in [-0.3, -0.25) is 0 Å². The van der Waals surface area contributed by atoms with Crippen LogP contribution in [0.5, 0.6) is 0 Å². The molecule has 14 heavy (non-hydrogen) atoms. The normalized spacial score (nSPS) is 27.4. The fourth-order valence-electron chi connectivity index (χ4n) is 1.84. The summed E-state index contributed by atoms with van der Waals surface area (Å²) in [7, 11) is 2.10. The monoisotopic (exact) mass is 195 g/mol. The molecule has 1 rings (SSSR count). The lowest BCUT2D eigenvalue weighted by atomic mass is 10.2. The maximum Gasteiger partial charge on any atom is 0.108 e. The van der Waals surface area contributed by atoms with Crippen LogP contribution in [0.15, 0.2) is 0 Å². The van der Waals surface area contributed by atoms with E-state index >= 15 is 0 Å². The van der Waals surface area contributed by atoms with E-state index < -0.39 is 0 Å². The lowest BCUT2D eigenvalue weighted by Gasteiger charge is -2.20. The Morgan fingerprint density at radius 2 is 2.29 bits per heavy atom. The third-order valence-corrected chi connectivity index (χ3v) is 2.92. The standard InChI is InChI=1S/C11H21N3/c1-4-13-11(6-12)8-14(3)7-10-5-9(10)2/h9-11,13H,4-5,7-8H2,1-3H3. The van der Waals surface area contributed by atoms with Gasteiger partial charge in [0.2, 0.25) is 0 Å². The SMILES string of the molecule is CCNC(C#N)CN(C)CC1CC1C. The van der Waals surface area contributed by atoms with Gasteiger partial charge in [-0.05, 0) is 31.8 Å². The van der Waals surface area contributed by atoms with Gasteiger partial charge < -0.3 is 10.2 Å². The van der Waals surface area contributed by atoms with Gasteiger partial charge in [0.15, 0.2) is 0 Å². The van der Waals surface area contributed by atoms with E-state index in [0.717, 1.165) is 31.5 Å². The molecular weight excluding hydrogens is 174 g/mol. The smallest absolute Gasteiger partial charge is 0.108 e. The van der Waals surface area contributed by atoms with Gasteiger partial charge in [0, 0.05) is 13.1 Å².